The fourth-order valence-electron chi connectivity index (χ4n) is 4.32. The topological polar surface area (TPSA) is 63.9 Å². The molecular weight excluding hydrogens is 474 g/mol. The van der Waals surface area contributed by atoms with Gasteiger partial charge in [0.05, 0.1) is 11.4 Å². The highest BCUT2D eigenvalue weighted by atomic mass is 32.2. The van der Waals surface area contributed by atoms with Crippen molar-refractivity contribution in [1.82, 2.24) is 24.6 Å². The maximum Gasteiger partial charge on any atom is 0.273 e. The number of thioether (sulfide) groups is 1. The number of thiazole rings is 1. The summed E-state index contributed by atoms with van der Waals surface area (Å²) in [5.74, 6) is 2.29. The van der Waals surface area contributed by atoms with Crippen molar-refractivity contribution in [1.29, 1.82) is 0 Å². The van der Waals surface area contributed by atoms with Crippen molar-refractivity contribution in [3.63, 3.8) is 0 Å². The molecule has 2 aromatic heterocycles. The van der Waals surface area contributed by atoms with Crippen molar-refractivity contribution in [3.8, 4) is 5.69 Å². The van der Waals surface area contributed by atoms with Crippen LogP contribution in [0, 0.1) is 12.8 Å². The highest BCUT2D eigenvalue weighted by molar-refractivity contribution is 7.98. The van der Waals surface area contributed by atoms with Gasteiger partial charge in [0.25, 0.3) is 5.91 Å². The van der Waals surface area contributed by atoms with Gasteiger partial charge in [-0.1, -0.05) is 67.2 Å². The molecule has 0 aliphatic carbocycles. The van der Waals surface area contributed by atoms with E-state index in [9.17, 15) is 4.79 Å². The Balaban J connectivity index is 1.34. The number of nitrogens with zero attached hydrogens (tertiary/aromatic N) is 5. The average molecular weight is 504 g/mol. The molecule has 1 saturated heterocycles. The van der Waals surface area contributed by atoms with Gasteiger partial charge in [-0.3, -0.25) is 9.36 Å². The summed E-state index contributed by atoms with van der Waals surface area (Å²) < 4.78 is 2.15. The van der Waals surface area contributed by atoms with E-state index in [1.54, 1.807) is 11.8 Å². The van der Waals surface area contributed by atoms with Crippen LogP contribution in [-0.2, 0) is 12.2 Å². The lowest BCUT2D eigenvalue weighted by Crippen LogP contribution is -2.38. The van der Waals surface area contributed by atoms with Gasteiger partial charge >= 0.3 is 0 Å². The number of rotatable bonds is 7. The first-order valence-electron chi connectivity index (χ1n) is 12.0. The third kappa shape index (κ3) is 5.49. The second-order valence-electron chi connectivity index (χ2n) is 9.07. The summed E-state index contributed by atoms with van der Waals surface area (Å²) in [7, 11) is 0. The van der Waals surface area contributed by atoms with E-state index in [2.05, 4.69) is 57.9 Å². The third-order valence-corrected chi connectivity index (χ3v) is 8.40. The molecule has 35 heavy (non-hydrogen) atoms. The van der Waals surface area contributed by atoms with Crippen LogP contribution in [-0.4, -0.2) is 43.6 Å². The van der Waals surface area contributed by atoms with Gasteiger partial charge in [0.2, 0.25) is 0 Å². The van der Waals surface area contributed by atoms with E-state index >= 15 is 0 Å². The molecule has 1 amide bonds. The summed E-state index contributed by atoms with van der Waals surface area (Å²) in [6.45, 7) is 6.01. The highest BCUT2D eigenvalue weighted by Crippen LogP contribution is 2.29. The SMILES string of the molecule is Cc1ccccc1-n1c(Cc2ccccc2)nnc1SCc1nc(C(=O)N2CCC(C)CC2)cs1. The summed E-state index contributed by atoms with van der Waals surface area (Å²) in [4.78, 5) is 19.5. The van der Waals surface area contributed by atoms with Crippen LogP contribution in [0.1, 0.15) is 52.2 Å². The summed E-state index contributed by atoms with van der Waals surface area (Å²) >= 11 is 3.15. The Morgan fingerprint density at radius 3 is 2.57 bits per heavy atom. The molecule has 2 aromatic carbocycles. The largest absolute Gasteiger partial charge is 0.337 e. The minimum atomic E-state index is 0.0534. The van der Waals surface area contributed by atoms with Crippen LogP contribution >= 0.6 is 23.1 Å². The van der Waals surface area contributed by atoms with Gasteiger partial charge in [-0.25, -0.2) is 4.98 Å². The Bertz CT molecular complexity index is 1290. The molecular formula is C27H29N5OS2. The summed E-state index contributed by atoms with van der Waals surface area (Å²) in [5, 5.41) is 12.7. The molecule has 4 aromatic rings. The fraction of sp³-hybridized carbons (Fsp3) is 0.333. The second-order valence-corrected chi connectivity index (χ2v) is 11.0. The Hall–Kier alpha value is -2.97. The Morgan fingerprint density at radius 1 is 1.06 bits per heavy atom. The van der Waals surface area contributed by atoms with E-state index in [-0.39, 0.29) is 5.91 Å². The summed E-state index contributed by atoms with van der Waals surface area (Å²) in [6, 6.07) is 18.6. The molecule has 0 radical (unpaired) electrons. The van der Waals surface area contributed by atoms with Crippen LogP contribution < -0.4 is 0 Å². The molecule has 1 fully saturated rings. The molecule has 180 valence electrons. The average Bonchev–Trinajstić information content (AvgIpc) is 3.51. The van der Waals surface area contributed by atoms with Crippen LogP contribution in [0.2, 0.25) is 0 Å². The molecule has 0 spiro atoms. The lowest BCUT2D eigenvalue weighted by atomic mass is 9.99. The molecule has 5 rings (SSSR count). The number of para-hydroxylation sites is 1. The maximum absolute atomic E-state index is 12.9. The zero-order valence-electron chi connectivity index (χ0n) is 20.1. The van der Waals surface area contributed by atoms with E-state index in [1.165, 1.54) is 22.5 Å². The van der Waals surface area contributed by atoms with Crippen molar-refractivity contribution in [2.24, 2.45) is 5.92 Å². The second kappa shape index (κ2) is 10.7. The summed E-state index contributed by atoms with van der Waals surface area (Å²) in [6.07, 6.45) is 2.84. The Morgan fingerprint density at radius 2 is 1.80 bits per heavy atom. The van der Waals surface area contributed by atoms with Gasteiger partial charge < -0.3 is 4.90 Å². The Labute approximate surface area is 214 Å². The highest BCUT2D eigenvalue weighted by Gasteiger charge is 2.23. The smallest absolute Gasteiger partial charge is 0.273 e. The zero-order chi connectivity index (χ0) is 24.2. The fourth-order valence-corrected chi connectivity index (χ4v) is 6.07. The van der Waals surface area contributed by atoms with Gasteiger partial charge in [-0.15, -0.1) is 21.5 Å². The summed E-state index contributed by atoms with van der Waals surface area (Å²) in [5.41, 5.74) is 4.01. The standard InChI is InChI=1S/C27H29N5OS2/c1-19-12-14-31(15-13-19)26(33)22-17-34-25(28-22)18-35-27-30-29-24(16-21-9-4-3-5-10-21)32(27)23-11-7-6-8-20(23)2/h3-11,17,19H,12-16,18H2,1-2H3. The maximum atomic E-state index is 12.9. The number of aromatic nitrogens is 4. The predicted molar refractivity (Wildman–Crippen MR) is 141 cm³/mol. The van der Waals surface area contributed by atoms with Crippen LogP contribution in [0.5, 0.6) is 0 Å². The first kappa shape index (κ1) is 23.8. The lowest BCUT2D eigenvalue weighted by molar-refractivity contribution is 0.0692. The van der Waals surface area contributed by atoms with Crippen molar-refractivity contribution in [3.05, 3.63) is 87.6 Å². The molecule has 0 N–H and O–H groups in total. The molecule has 6 nitrogen and oxygen atoms in total. The van der Waals surface area contributed by atoms with E-state index in [1.807, 2.05) is 40.6 Å². The molecule has 0 saturated carbocycles. The van der Waals surface area contributed by atoms with Crippen molar-refractivity contribution < 1.29 is 4.79 Å². The normalized spacial score (nSPS) is 14.4. The predicted octanol–water partition coefficient (Wildman–Crippen LogP) is 5.79. The van der Waals surface area contributed by atoms with Gasteiger partial charge in [-0.2, -0.15) is 0 Å². The van der Waals surface area contributed by atoms with E-state index in [4.69, 9.17) is 0 Å². The first-order valence-corrected chi connectivity index (χ1v) is 13.9. The van der Waals surface area contributed by atoms with E-state index in [0.717, 1.165) is 47.6 Å². The van der Waals surface area contributed by atoms with Crippen molar-refractivity contribution in [2.45, 2.75) is 44.0 Å². The molecule has 1 aliphatic rings. The van der Waals surface area contributed by atoms with Crippen LogP contribution in [0.15, 0.2) is 65.1 Å². The zero-order valence-corrected chi connectivity index (χ0v) is 21.7. The number of carbonyl (C=O) groups is 1. The molecule has 3 heterocycles. The molecule has 0 unspecified atom stereocenters. The molecule has 8 heteroatoms. The lowest BCUT2D eigenvalue weighted by Gasteiger charge is -2.29. The van der Waals surface area contributed by atoms with Crippen LogP contribution in [0.3, 0.4) is 0 Å². The van der Waals surface area contributed by atoms with Crippen LogP contribution in [0.25, 0.3) is 5.69 Å². The third-order valence-electron chi connectivity index (χ3n) is 6.43. The molecule has 0 atom stereocenters. The first-order chi connectivity index (χ1) is 17.1. The number of hydrogen-bond donors (Lipinski definition) is 0. The molecule has 1 aliphatic heterocycles. The number of likely N-dealkylation sites (tertiary alicyclic amines) is 1. The number of carbonyl (C=O) groups excluding carboxylic acids is 1. The number of aryl methyl sites for hydroxylation is 1. The minimum absolute atomic E-state index is 0.0534. The van der Waals surface area contributed by atoms with Gasteiger partial charge in [0, 0.05) is 24.9 Å². The number of amides is 1. The monoisotopic (exact) mass is 503 g/mol. The van der Waals surface area contributed by atoms with Crippen molar-refractivity contribution in [2.75, 3.05) is 13.1 Å². The number of piperidine rings is 1. The quantitative estimate of drug-likeness (QED) is 0.299. The Kier molecular flexibility index (Phi) is 7.29. The van der Waals surface area contributed by atoms with E-state index in [0.29, 0.717) is 23.8 Å². The van der Waals surface area contributed by atoms with Gasteiger partial charge in [-0.05, 0) is 42.9 Å². The van der Waals surface area contributed by atoms with Crippen molar-refractivity contribution >= 4 is 29.0 Å². The molecule has 0 bridgehead atoms. The minimum Gasteiger partial charge on any atom is -0.337 e. The van der Waals surface area contributed by atoms with Gasteiger partial charge in [0.15, 0.2) is 5.16 Å². The van der Waals surface area contributed by atoms with E-state index < -0.39 is 0 Å². The van der Waals surface area contributed by atoms with Crippen LogP contribution in [0.4, 0.5) is 0 Å². The number of benzene rings is 2. The van der Waals surface area contributed by atoms with Gasteiger partial charge in [0.1, 0.15) is 16.5 Å². The number of hydrogen-bond acceptors (Lipinski definition) is 6.